The van der Waals surface area contributed by atoms with E-state index in [1.54, 1.807) is 23.5 Å². The molecule has 0 bridgehead atoms. The second-order valence-electron chi connectivity index (χ2n) is 6.90. The average molecular weight is 431 g/mol. The first-order valence-corrected chi connectivity index (χ1v) is 10.5. The van der Waals surface area contributed by atoms with E-state index in [-0.39, 0.29) is 5.92 Å². The molecular weight excluding hydrogens is 408 g/mol. The number of carboxylic acid groups (broad SMARTS) is 1. The number of hydrogen-bond donors (Lipinski definition) is 3. The first-order valence-electron chi connectivity index (χ1n) is 9.33. The highest BCUT2D eigenvalue weighted by molar-refractivity contribution is 7.15. The zero-order valence-electron chi connectivity index (χ0n) is 15.8. The van der Waals surface area contributed by atoms with Crippen LogP contribution in [0.25, 0.3) is 10.6 Å². The van der Waals surface area contributed by atoms with Crippen molar-refractivity contribution in [3.05, 3.63) is 65.1 Å². The average Bonchev–Trinajstić information content (AvgIpc) is 3.18. The Balaban J connectivity index is 1.68. The number of rotatable bonds is 7. The number of nitrogens with zero attached hydrogens (tertiary/aromatic N) is 2. The third-order valence-electron chi connectivity index (χ3n) is 4.81. The molecule has 29 heavy (non-hydrogen) atoms. The molecule has 152 valence electrons. The third-order valence-corrected chi connectivity index (χ3v) is 6.22. The molecule has 0 spiro atoms. The van der Waals surface area contributed by atoms with Crippen LogP contribution in [0.5, 0.6) is 0 Å². The van der Waals surface area contributed by atoms with Gasteiger partial charge < -0.3 is 16.2 Å². The highest BCUT2D eigenvalue weighted by atomic mass is 35.5. The standard InChI is InChI=1S/C21H23ClN4O2S/c1-13(11-16(22)9-10-23)25-19-4-2-3-17(26-19)18-12-24-20(29-18)14-5-7-15(8-6-14)21(27)28/h2-4,9-12,14-15H,1,5-8,23H2,(H,25,26)(H,27,28)/b10-9-,16-11+. The topological polar surface area (TPSA) is 101 Å². The lowest BCUT2D eigenvalue weighted by atomic mass is 9.82. The quantitative estimate of drug-likeness (QED) is 0.529. The second kappa shape index (κ2) is 9.71. The van der Waals surface area contributed by atoms with Crippen LogP contribution >= 0.6 is 22.9 Å². The number of carbonyl (C=O) groups is 1. The summed E-state index contributed by atoms with van der Waals surface area (Å²) in [5.74, 6) is 0.0786. The summed E-state index contributed by atoms with van der Waals surface area (Å²) >= 11 is 7.63. The highest BCUT2D eigenvalue weighted by Crippen LogP contribution is 2.39. The minimum atomic E-state index is -0.687. The minimum absolute atomic E-state index is 0.217. The Morgan fingerprint density at radius 3 is 2.79 bits per heavy atom. The van der Waals surface area contributed by atoms with Crippen molar-refractivity contribution in [3.8, 4) is 10.6 Å². The lowest BCUT2D eigenvalue weighted by molar-refractivity contribution is -0.142. The molecule has 2 heterocycles. The van der Waals surface area contributed by atoms with Crippen molar-refractivity contribution in [2.75, 3.05) is 5.32 Å². The van der Waals surface area contributed by atoms with Crippen LogP contribution in [0.4, 0.5) is 5.82 Å². The molecule has 1 fully saturated rings. The molecule has 0 aliphatic heterocycles. The van der Waals surface area contributed by atoms with Crippen molar-refractivity contribution >= 4 is 34.7 Å². The number of nitrogens with one attached hydrogen (secondary N) is 1. The molecule has 2 aromatic rings. The SMILES string of the molecule is C=C(/C=C(Cl)\C=C/N)Nc1cccc(-c2cnc(C3CCC(C(=O)O)CC3)s2)n1. The van der Waals surface area contributed by atoms with E-state index in [9.17, 15) is 4.79 Å². The van der Waals surface area contributed by atoms with Gasteiger partial charge in [0, 0.05) is 22.8 Å². The summed E-state index contributed by atoms with van der Waals surface area (Å²) in [6, 6.07) is 5.71. The van der Waals surface area contributed by atoms with E-state index in [0.717, 1.165) is 28.4 Å². The Morgan fingerprint density at radius 2 is 2.10 bits per heavy atom. The molecule has 0 radical (unpaired) electrons. The molecule has 0 unspecified atom stereocenters. The van der Waals surface area contributed by atoms with E-state index >= 15 is 0 Å². The summed E-state index contributed by atoms with van der Waals surface area (Å²) in [4.78, 5) is 21.3. The monoisotopic (exact) mass is 430 g/mol. The van der Waals surface area contributed by atoms with Crippen LogP contribution in [-0.4, -0.2) is 21.0 Å². The number of aliphatic carboxylic acids is 1. The van der Waals surface area contributed by atoms with Crippen LogP contribution in [0, 0.1) is 5.92 Å². The molecule has 8 heteroatoms. The number of hydrogen-bond acceptors (Lipinski definition) is 6. The Hall–Kier alpha value is -2.64. The van der Waals surface area contributed by atoms with E-state index < -0.39 is 5.97 Å². The molecule has 4 N–H and O–H groups in total. The summed E-state index contributed by atoms with van der Waals surface area (Å²) in [5.41, 5.74) is 6.74. The number of carboxylic acids is 1. The van der Waals surface area contributed by atoms with Gasteiger partial charge in [0.05, 0.1) is 21.5 Å². The van der Waals surface area contributed by atoms with E-state index in [2.05, 4.69) is 21.9 Å². The number of thiazole rings is 1. The molecule has 0 saturated heterocycles. The fraction of sp³-hybridized carbons (Fsp3) is 0.286. The highest BCUT2D eigenvalue weighted by Gasteiger charge is 2.28. The number of halogens is 1. The molecule has 6 nitrogen and oxygen atoms in total. The maximum absolute atomic E-state index is 11.1. The maximum Gasteiger partial charge on any atom is 0.306 e. The van der Waals surface area contributed by atoms with Crippen molar-refractivity contribution < 1.29 is 9.90 Å². The van der Waals surface area contributed by atoms with Crippen LogP contribution in [0.1, 0.15) is 36.6 Å². The van der Waals surface area contributed by atoms with Gasteiger partial charge in [0.1, 0.15) is 5.82 Å². The van der Waals surface area contributed by atoms with Crippen molar-refractivity contribution in [1.29, 1.82) is 0 Å². The molecule has 0 atom stereocenters. The van der Waals surface area contributed by atoms with Gasteiger partial charge in [-0.05, 0) is 56.2 Å². The fourth-order valence-electron chi connectivity index (χ4n) is 3.33. The Kier molecular flexibility index (Phi) is 7.06. The summed E-state index contributed by atoms with van der Waals surface area (Å²) in [6.45, 7) is 3.92. The van der Waals surface area contributed by atoms with Gasteiger partial charge in [-0.15, -0.1) is 11.3 Å². The van der Waals surface area contributed by atoms with Crippen LogP contribution in [0.2, 0.25) is 0 Å². The normalized spacial score (nSPS) is 20.0. The zero-order chi connectivity index (χ0) is 20.8. The van der Waals surface area contributed by atoms with Gasteiger partial charge in [-0.2, -0.15) is 0 Å². The second-order valence-corrected chi connectivity index (χ2v) is 8.39. The lowest BCUT2D eigenvalue weighted by Gasteiger charge is -2.24. The zero-order valence-corrected chi connectivity index (χ0v) is 17.4. The van der Waals surface area contributed by atoms with Gasteiger partial charge in [-0.1, -0.05) is 24.2 Å². The summed E-state index contributed by atoms with van der Waals surface area (Å²) in [7, 11) is 0. The Labute approximate surface area is 178 Å². The molecule has 1 aliphatic rings. The maximum atomic E-state index is 11.1. The molecule has 1 aliphatic carbocycles. The molecule has 1 saturated carbocycles. The van der Waals surface area contributed by atoms with Gasteiger partial charge >= 0.3 is 5.97 Å². The Bertz CT molecular complexity index is 946. The predicted octanol–water partition coefficient (Wildman–Crippen LogP) is 5.08. The largest absolute Gasteiger partial charge is 0.481 e. The lowest BCUT2D eigenvalue weighted by Crippen LogP contribution is -2.20. The van der Waals surface area contributed by atoms with Gasteiger partial charge in [0.2, 0.25) is 0 Å². The molecule has 0 amide bonds. The van der Waals surface area contributed by atoms with Crippen LogP contribution < -0.4 is 11.1 Å². The van der Waals surface area contributed by atoms with Crippen LogP contribution in [0.3, 0.4) is 0 Å². The van der Waals surface area contributed by atoms with Crippen molar-refractivity contribution in [2.45, 2.75) is 31.6 Å². The number of nitrogens with two attached hydrogens (primary N) is 1. The number of anilines is 1. The van der Waals surface area contributed by atoms with Crippen LogP contribution in [-0.2, 0) is 4.79 Å². The van der Waals surface area contributed by atoms with Gasteiger partial charge in [0.15, 0.2) is 0 Å². The number of allylic oxidation sites excluding steroid dienone is 3. The molecule has 0 aromatic carbocycles. The van der Waals surface area contributed by atoms with E-state index in [1.165, 1.54) is 6.20 Å². The number of aromatic nitrogens is 2. The van der Waals surface area contributed by atoms with Gasteiger partial charge in [-0.3, -0.25) is 4.79 Å². The summed E-state index contributed by atoms with van der Waals surface area (Å²) < 4.78 is 0. The van der Waals surface area contributed by atoms with Crippen molar-refractivity contribution in [2.24, 2.45) is 11.7 Å². The van der Waals surface area contributed by atoms with Crippen molar-refractivity contribution in [3.63, 3.8) is 0 Å². The molecular formula is C21H23ClN4O2S. The first-order chi connectivity index (χ1) is 14.0. The molecule has 2 aromatic heterocycles. The fourth-order valence-corrected chi connectivity index (χ4v) is 4.59. The summed E-state index contributed by atoms with van der Waals surface area (Å²) in [5, 5.41) is 13.8. The Morgan fingerprint density at radius 1 is 1.34 bits per heavy atom. The third kappa shape index (κ3) is 5.68. The van der Waals surface area contributed by atoms with Gasteiger partial charge in [-0.25, -0.2) is 9.97 Å². The smallest absolute Gasteiger partial charge is 0.306 e. The first kappa shape index (κ1) is 21.1. The van der Waals surface area contributed by atoms with E-state index in [0.29, 0.717) is 35.3 Å². The number of pyridine rings is 1. The van der Waals surface area contributed by atoms with Gasteiger partial charge in [0.25, 0.3) is 0 Å². The van der Waals surface area contributed by atoms with E-state index in [4.69, 9.17) is 22.4 Å². The summed E-state index contributed by atoms with van der Waals surface area (Å²) in [6.07, 6.45) is 9.59. The van der Waals surface area contributed by atoms with Crippen LogP contribution in [0.15, 0.2) is 60.1 Å². The predicted molar refractivity (Wildman–Crippen MR) is 118 cm³/mol. The van der Waals surface area contributed by atoms with Crippen molar-refractivity contribution in [1.82, 2.24) is 9.97 Å². The van der Waals surface area contributed by atoms with E-state index in [1.807, 2.05) is 24.4 Å². The molecule has 3 rings (SSSR count). The minimum Gasteiger partial charge on any atom is -0.481 e.